The molecule has 1 aromatic rings. The predicted octanol–water partition coefficient (Wildman–Crippen LogP) is 1.19. The van der Waals surface area contributed by atoms with Crippen LogP contribution in [0.2, 0.25) is 0 Å². The van der Waals surface area contributed by atoms with E-state index in [9.17, 15) is 14.4 Å². The molecule has 138 valence electrons. The molecule has 0 aliphatic carbocycles. The van der Waals surface area contributed by atoms with E-state index in [0.717, 1.165) is 0 Å². The molecule has 0 heterocycles. The van der Waals surface area contributed by atoms with E-state index >= 15 is 0 Å². The molecule has 25 heavy (non-hydrogen) atoms. The number of nitrogens with two attached hydrogens (primary N) is 1. The minimum Gasteiger partial charge on any atom is -0.494 e. The summed E-state index contributed by atoms with van der Waals surface area (Å²) >= 11 is 0. The molecule has 1 rings (SSSR count). The summed E-state index contributed by atoms with van der Waals surface area (Å²) in [5, 5.41) is 17.6. The summed E-state index contributed by atoms with van der Waals surface area (Å²) in [4.78, 5) is 35.5. The first-order chi connectivity index (χ1) is 11.8. The van der Waals surface area contributed by atoms with Crippen molar-refractivity contribution in [2.75, 3.05) is 19.7 Å². The summed E-state index contributed by atoms with van der Waals surface area (Å²) in [7, 11) is 0. The van der Waals surface area contributed by atoms with Crippen molar-refractivity contribution in [3.63, 3.8) is 0 Å². The highest BCUT2D eigenvalue weighted by Gasteiger charge is 2.18. The first kappa shape index (κ1) is 20.4. The molecule has 0 saturated heterocycles. The van der Waals surface area contributed by atoms with E-state index < -0.39 is 18.0 Å². The number of carboxylic acid groups (broad SMARTS) is 2. The van der Waals surface area contributed by atoms with Gasteiger partial charge in [-0.2, -0.15) is 0 Å². The average Bonchev–Trinajstić information content (AvgIpc) is 2.57. The summed E-state index contributed by atoms with van der Waals surface area (Å²) in [6.07, 6.45) is 0.388. The lowest BCUT2D eigenvalue weighted by Gasteiger charge is -2.22. The van der Waals surface area contributed by atoms with Crippen LogP contribution in [0.1, 0.15) is 36.5 Å². The fourth-order valence-electron chi connectivity index (χ4n) is 2.21. The summed E-state index contributed by atoms with van der Waals surface area (Å²) in [5.74, 6) is -1.78. The van der Waals surface area contributed by atoms with Gasteiger partial charge in [-0.25, -0.2) is 0 Å². The van der Waals surface area contributed by atoms with E-state index in [-0.39, 0.29) is 31.8 Å². The quantitative estimate of drug-likeness (QED) is 0.545. The molecule has 0 aromatic heterocycles. The van der Waals surface area contributed by atoms with Gasteiger partial charge in [-0.15, -0.1) is 0 Å². The first-order valence-electron chi connectivity index (χ1n) is 8.07. The molecule has 0 radical (unpaired) electrons. The smallest absolute Gasteiger partial charge is 0.320 e. The van der Waals surface area contributed by atoms with Crippen LogP contribution in [0.4, 0.5) is 0 Å². The van der Waals surface area contributed by atoms with Crippen LogP contribution in [0.25, 0.3) is 0 Å². The van der Waals surface area contributed by atoms with Gasteiger partial charge >= 0.3 is 11.9 Å². The van der Waals surface area contributed by atoms with E-state index in [4.69, 9.17) is 20.7 Å². The highest BCUT2D eigenvalue weighted by atomic mass is 16.5. The highest BCUT2D eigenvalue weighted by molar-refractivity contribution is 5.94. The van der Waals surface area contributed by atoms with E-state index in [1.54, 1.807) is 24.3 Å². The molecule has 0 fully saturated rings. The van der Waals surface area contributed by atoms with E-state index in [0.29, 0.717) is 24.3 Å². The zero-order valence-corrected chi connectivity index (χ0v) is 14.2. The summed E-state index contributed by atoms with van der Waals surface area (Å²) in [6, 6.07) is 5.58. The average molecular weight is 352 g/mol. The monoisotopic (exact) mass is 352 g/mol. The van der Waals surface area contributed by atoms with Crippen molar-refractivity contribution in [1.29, 1.82) is 0 Å². The number of ether oxygens (including phenoxy) is 1. The minimum atomic E-state index is -1.10. The van der Waals surface area contributed by atoms with Crippen molar-refractivity contribution in [3.05, 3.63) is 29.8 Å². The maximum Gasteiger partial charge on any atom is 0.320 e. The van der Waals surface area contributed by atoms with E-state index in [1.807, 2.05) is 6.92 Å². The topological polar surface area (TPSA) is 130 Å². The molecule has 0 bridgehead atoms. The second kappa shape index (κ2) is 10.3. The van der Waals surface area contributed by atoms with Gasteiger partial charge in [0.15, 0.2) is 0 Å². The zero-order chi connectivity index (χ0) is 18.8. The molecule has 0 saturated carbocycles. The molecule has 8 nitrogen and oxygen atoms in total. The van der Waals surface area contributed by atoms with Crippen LogP contribution >= 0.6 is 0 Å². The molecule has 1 atom stereocenters. The molecular weight excluding hydrogens is 328 g/mol. The Morgan fingerprint density at radius 3 is 2.32 bits per heavy atom. The van der Waals surface area contributed by atoms with Crippen molar-refractivity contribution in [3.8, 4) is 5.75 Å². The first-order valence-corrected chi connectivity index (χ1v) is 8.07. The Morgan fingerprint density at radius 2 is 1.80 bits per heavy atom. The van der Waals surface area contributed by atoms with Gasteiger partial charge in [0.2, 0.25) is 0 Å². The number of rotatable bonds is 11. The normalized spacial score (nSPS) is 11.6. The molecule has 0 spiro atoms. The van der Waals surface area contributed by atoms with Crippen LogP contribution < -0.4 is 10.5 Å². The lowest BCUT2D eigenvalue weighted by Crippen LogP contribution is -2.36. The number of aliphatic carboxylic acids is 2. The number of hydrogen-bond acceptors (Lipinski definition) is 5. The molecule has 0 aliphatic heterocycles. The molecule has 8 heteroatoms. The molecule has 0 aliphatic rings. The van der Waals surface area contributed by atoms with Crippen molar-refractivity contribution in [2.45, 2.75) is 32.2 Å². The fraction of sp³-hybridized carbons (Fsp3) is 0.471. The Bertz CT molecular complexity index is 587. The Labute approximate surface area is 146 Å². The van der Waals surface area contributed by atoms with E-state index in [2.05, 4.69) is 0 Å². The molecular formula is C17H24N2O6. The molecule has 1 amide bonds. The molecule has 4 N–H and O–H groups in total. The zero-order valence-electron chi connectivity index (χ0n) is 14.2. The van der Waals surface area contributed by atoms with Crippen LogP contribution in [0.3, 0.4) is 0 Å². The van der Waals surface area contributed by atoms with Gasteiger partial charge < -0.3 is 25.6 Å². The van der Waals surface area contributed by atoms with Gasteiger partial charge in [0.05, 0.1) is 13.0 Å². The summed E-state index contributed by atoms with van der Waals surface area (Å²) in [5.41, 5.74) is 5.86. The van der Waals surface area contributed by atoms with Crippen molar-refractivity contribution >= 4 is 17.8 Å². The van der Waals surface area contributed by atoms with Gasteiger partial charge in [-0.1, -0.05) is 0 Å². The van der Waals surface area contributed by atoms with Crippen LogP contribution in [0.15, 0.2) is 24.3 Å². The molecule has 1 aromatic carbocycles. The number of benzene rings is 1. The van der Waals surface area contributed by atoms with Gasteiger partial charge in [-0.05, 0) is 44.0 Å². The second-order valence-electron chi connectivity index (χ2n) is 5.48. The predicted molar refractivity (Wildman–Crippen MR) is 90.6 cm³/mol. The Balaban J connectivity index is 2.73. The van der Waals surface area contributed by atoms with E-state index in [1.165, 1.54) is 4.90 Å². The Hall–Kier alpha value is -2.61. The lowest BCUT2D eigenvalue weighted by atomic mass is 10.1. The van der Waals surface area contributed by atoms with Gasteiger partial charge in [0.25, 0.3) is 5.91 Å². The number of carbonyl (C=O) groups excluding carboxylic acids is 1. The maximum absolute atomic E-state index is 12.6. The third kappa shape index (κ3) is 7.21. The van der Waals surface area contributed by atoms with Crippen LogP contribution in [0.5, 0.6) is 5.75 Å². The Kier molecular flexibility index (Phi) is 8.42. The number of hydrogen-bond donors (Lipinski definition) is 3. The van der Waals surface area contributed by atoms with Crippen LogP contribution in [-0.4, -0.2) is 58.7 Å². The third-order valence-electron chi connectivity index (χ3n) is 3.56. The van der Waals surface area contributed by atoms with Gasteiger partial charge in [-0.3, -0.25) is 14.4 Å². The summed E-state index contributed by atoms with van der Waals surface area (Å²) < 4.78 is 5.32. The third-order valence-corrected chi connectivity index (χ3v) is 3.56. The number of carbonyl (C=O) groups is 3. The van der Waals surface area contributed by atoms with Crippen LogP contribution in [0, 0.1) is 0 Å². The maximum atomic E-state index is 12.6. The molecule has 0 unspecified atom stereocenters. The minimum absolute atomic E-state index is 0.0453. The summed E-state index contributed by atoms with van der Waals surface area (Å²) in [6.45, 7) is 2.65. The van der Waals surface area contributed by atoms with Crippen molar-refractivity contribution < 1.29 is 29.3 Å². The van der Waals surface area contributed by atoms with Crippen LogP contribution in [-0.2, 0) is 9.59 Å². The van der Waals surface area contributed by atoms with Gasteiger partial charge in [0, 0.05) is 18.7 Å². The number of carboxylic acids is 2. The van der Waals surface area contributed by atoms with Gasteiger partial charge in [0.1, 0.15) is 11.8 Å². The number of nitrogens with zero attached hydrogens (tertiary/aromatic N) is 1. The Morgan fingerprint density at radius 1 is 1.16 bits per heavy atom. The van der Waals surface area contributed by atoms with Crippen molar-refractivity contribution in [2.24, 2.45) is 5.73 Å². The SMILES string of the molecule is CCOc1ccc(C(=O)N(CCC[C@H](N)C(=O)O)CCC(=O)O)cc1. The lowest BCUT2D eigenvalue weighted by molar-refractivity contribution is -0.139. The highest BCUT2D eigenvalue weighted by Crippen LogP contribution is 2.14. The fourth-order valence-corrected chi connectivity index (χ4v) is 2.21. The second-order valence-corrected chi connectivity index (χ2v) is 5.48. The van der Waals surface area contributed by atoms with Crippen molar-refractivity contribution in [1.82, 2.24) is 4.90 Å². The standard InChI is InChI=1S/C17H24N2O6/c1-2-25-13-7-5-12(6-8-13)16(22)19(11-9-15(20)21)10-3-4-14(18)17(23)24/h5-8,14H,2-4,9-11,18H2,1H3,(H,20,21)(H,23,24)/t14-/m0/s1. The largest absolute Gasteiger partial charge is 0.494 e. The number of amides is 1.